The van der Waals surface area contributed by atoms with Crippen LogP contribution in [0.3, 0.4) is 0 Å². The summed E-state index contributed by atoms with van der Waals surface area (Å²) >= 11 is 0. The van der Waals surface area contributed by atoms with Crippen molar-refractivity contribution in [1.29, 1.82) is 0 Å². The van der Waals surface area contributed by atoms with Crippen LogP contribution >= 0.6 is 0 Å². The van der Waals surface area contributed by atoms with E-state index in [2.05, 4.69) is 5.16 Å². The number of para-hydroxylation sites is 1. The molecule has 0 unspecified atom stereocenters. The normalized spacial score (nSPS) is 12.9. The van der Waals surface area contributed by atoms with E-state index in [0.717, 1.165) is 0 Å². The minimum atomic E-state index is -5.59. The zero-order valence-electron chi connectivity index (χ0n) is 12.1. The molecule has 0 aliphatic rings. The molecule has 0 atom stereocenters. The summed E-state index contributed by atoms with van der Waals surface area (Å²) in [6.07, 6.45) is 0. The summed E-state index contributed by atoms with van der Waals surface area (Å²) in [6, 6.07) is 4.21. The zero-order valence-corrected chi connectivity index (χ0v) is 12.9. The molecule has 0 aliphatic carbocycles. The molecule has 6 nitrogen and oxygen atoms in total. The van der Waals surface area contributed by atoms with Crippen LogP contribution in [-0.4, -0.2) is 33.4 Å². The molecule has 1 aromatic rings. The van der Waals surface area contributed by atoms with Gasteiger partial charge < -0.3 is 9.57 Å². The van der Waals surface area contributed by atoms with Gasteiger partial charge in [0.05, 0.1) is 18.5 Å². The van der Waals surface area contributed by atoms with Gasteiger partial charge in [0.2, 0.25) is 0 Å². The van der Waals surface area contributed by atoms with Gasteiger partial charge in [-0.15, -0.1) is 0 Å². The minimum absolute atomic E-state index is 0.0728. The van der Waals surface area contributed by atoms with E-state index < -0.39 is 15.5 Å². The summed E-state index contributed by atoms with van der Waals surface area (Å²) in [5.41, 5.74) is -5.50. The van der Waals surface area contributed by atoms with Crippen molar-refractivity contribution >= 4 is 21.4 Å². The van der Waals surface area contributed by atoms with Gasteiger partial charge in [-0.3, -0.25) is 4.72 Å². The number of hydrogen-bond acceptors (Lipinski definition) is 5. The molecule has 0 bridgehead atoms. The van der Waals surface area contributed by atoms with Crippen molar-refractivity contribution in [3.8, 4) is 5.75 Å². The smallest absolute Gasteiger partial charge is 0.495 e. The second-order valence-electron chi connectivity index (χ2n) is 4.03. The fourth-order valence-corrected chi connectivity index (χ4v) is 2.11. The quantitative estimate of drug-likeness (QED) is 0.638. The van der Waals surface area contributed by atoms with Gasteiger partial charge in [0.1, 0.15) is 12.4 Å². The Hall–Kier alpha value is -1.97. The van der Waals surface area contributed by atoms with E-state index in [1.54, 1.807) is 6.92 Å². The number of hydrogen-bond donors (Lipinski definition) is 1. The average molecular weight is 340 g/mol. The molecule has 1 aromatic carbocycles. The molecule has 0 fully saturated rings. The molecule has 0 spiro atoms. The highest BCUT2D eigenvalue weighted by Gasteiger charge is 2.46. The topological polar surface area (TPSA) is 77.0 Å². The summed E-state index contributed by atoms with van der Waals surface area (Å²) < 4.78 is 66.7. The van der Waals surface area contributed by atoms with Gasteiger partial charge in [-0.2, -0.15) is 21.6 Å². The Labute approximate surface area is 126 Å². The Morgan fingerprint density at radius 1 is 1.36 bits per heavy atom. The number of halogens is 3. The average Bonchev–Trinajstić information content (AvgIpc) is 2.43. The van der Waals surface area contributed by atoms with E-state index in [1.165, 1.54) is 37.0 Å². The Morgan fingerprint density at radius 3 is 2.50 bits per heavy atom. The lowest BCUT2D eigenvalue weighted by Gasteiger charge is -2.16. The van der Waals surface area contributed by atoms with Crippen molar-refractivity contribution in [1.82, 2.24) is 0 Å². The van der Waals surface area contributed by atoms with Crippen molar-refractivity contribution in [3.05, 3.63) is 23.8 Å². The first kappa shape index (κ1) is 18.1. The van der Waals surface area contributed by atoms with Crippen molar-refractivity contribution in [3.63, 3.8) is 0 Å². The number of nitrogens with one attached hydrogen (secondary N) is 1. The Kier molecular flexibility index (Phi) is 5.64. The predicted molar refractivity (Wildman–Crippen MR) is 75.4 cm³/mol. The molecule has 0 heterocycles. The van der Waals surface area contributed by atoms with Crippen LogP contribution in [-0.2, 0) is 14.9 Å². The predicted octanol–water partition coefficient (Wildman–Crippen LogP) is 2.72. The lowest BCUT2D eigenvalue weighted by Crippen LogP contribution is -2.30. The van der Waals surface area contributed by atoms with Crippen LogP contribution < -0.4 is 9.46 Å². The van der Waals surface area contributed by atoms with E-state index in [0.29, 0.717) is 0 Å². The summed E-state index contributed by atoms with van der Waals surface area (Å²) in [5, 5.41) is 3.69. The van der Waals surface area contributed by atoms with E-state index in [-0.39, 0.29) is 29.3 Å². The van der Waals surface area contributed by atoms with Crippen LogP contribution in [0.25, 0.3) is 0 Å². The van der Waals surface area contributed by atoms with Gasteiger partial charge in [0, 0.05) is 5.56 Å². The second kappa shape index (κ2) is 6.86. The summed E-state index contributed by atoms with van der Waals surface area (Å²) in [6.45, 7) is 3.40. The highest BCUT2D eigenvalue weighted by atomic mass is 32.2. The third-order valence-electron chi connectivity index (χ3n) is 2.51. The van der Waals surface area contributed by atoms with E-state index in [4.69, 9.17) is 9.57 Å². The Balaban J connectivity index is 3.39. The maximum absolute atomic E-state index is 12.5. The molecular weight excluding hydrogens is 325 g/mol. The highest BCUT2D eigenvalue weighted by Crippen LogP contribution is 2.33. The third-order valence-corrected chi connectivity index (χ3v) is 3.59. The number of nitrogens with zero attached hydrogens (tertiary/aromatic N) is 1. The molecule has 10 heteroatoms. The van der Waals surface area contributed by atoms with Gasteiger partial charge >= 0.3 is 15.5 Å². The largest absolute Gasteiger partial charge is 0.516 e. The monoisotopic (exact) mass is 340 g/mol. The first-order valence-corrected chi connectivity index (χ1v) is 7.55. The molecule has 0 saturated carbocycles. The van der Waals surface area contributed by atoms with E-state index in [9.17, 15) is 21.6 Å². The van der Waals surface area contributed by atoms with Crippen molar-refractivity contribution in [2.24, 2.45) is 5.16 Å². The molecule has 22 heavy (non-hydrogen) atoms. The molecular formula is C12H15F3N2O4S. The number of benzene rings is 1. The standard InChI is InChI=1S/C12H15F3N2O4S/c1-4-21-16-8(2)9-6-5-7-10(20-3)11(9)17-22(18,19)12(13,14)15/h5-7,17H,4H2,1-3H3/b16-8+. The first-order chi connectivity index (χ1) is 10.1. The lowest BCUT2D eigenvalue weighted by molar-refractivity contribution is -0.0429. The molecule has 1 rings (SSSR count). The summed E-state index contributed by atoms with van der Waals surface area (Å²) in [7, 11) is -4.38. The summed E-state index contributed by atoms with van der Waals surface area (Å²) in [5.74, 6) is -0.0728. The third kappa shape index (κ3) is 4.03. The van der Waals surface area contributed by atoms with Crippen LogP contribution in [0.1, 0.15) is 19.4 Å². The Bertz CT molecular complexity index is 657. The fourth-order valence-electron chi connectivity index (χ4n) is 1.51. The second-order valence-corrected chi connectivity index (χ2v) is 5.70. The lowest BCUT2D eigenvalue weighted by atomic mass is 10.1. The maximum atomic E-state index is 12.5. The van der Waals surface area contributed by atoms with Crippen molar-refractivity contribution in [2.45, 2.75) is 19.4 Å². The molecule has 124 valence electrons. The van der Waals surface area contributed by atoms with Crippen LogP contribution in [0.2, 0.25) is 0 Å². The molecule has 0 aliphatic heterocycles. The molecule has 0 aromatic heterocycles. The number of alkyl halides is 3. The van der Waals surface area contributed by atoms with Crippen LogP contribution in [0.15, 0.2) is 23.4 Å². The van der Waals surface area contributed by atoms with Gasteiger partial charge in [-0.25, -0.2) is 0 Å². The van der Waals surface area contributed by atoms with Gasteiger partial charge in [0.25, 0.3) is 0 Å². The molecule has 0 radical (unpaired) electrons. The minimum Gasteiger partial charge on any atom is -0.495 e. The number of methoxy groups -OCH3 is 1. The van der Waals surface area contributed by atoms with Crippen molar-refractivity contribution < 1.29 is 31.2 Å². The van der Waals surface area contributed by atoms with E-state index >= 15 is 0 Å². The highest BCUT2D eigenvalue weighted by molar-refractivity contribution is 7.93. The SMILES string of the molecule is CCO/N=C(\C)c1cccc(OC)c1NS(=O)(=O)C(F)(F)F. The number of rotatable bonds is 6. The first-order valence-electron chi connectivity index (χ1n) is 6.07. The number of ether oxygens (including phenoxy) is 1. The summed E-state index contributed by atoms with van der Waals surface area (Å²) in [4.78, 5) is 4.82. The van der Waals surface area contributed by atoms with Crippen LogP contribution in [0.4, 0.5) is 18.9 Å². The van der Waals surface area contributed by atoms with Crippen LogP contribution in [0.5, 0.6) is 5.75 Å². The molecule has 0 amide bonds. The van der Waals surface area contributed by atoms with Crippen molar-refractivity contribution in [2.75, 3.05) is 18.4 Å². The molecule has 1 N–H and O–H groups in total. The number of oxime groups is 1. The molecule has 0 saturated heterocycles. The maximum Gasteiger partial charge on any atom is 0.516 e. The van der Waals surface area contributed by atoms with E-state index in [1.807, 2.05) is 0 Å². The number of sulfonamides is 1. The van der Waals surface area contributed by atoms with Crippen LogP contribution in [0, 0.1) is 0 Å². The van der Waals surface area contributed by atoms with Gasteiger partial charge in [-0.1, -0.05) is 17.3 Å². The van der Waals surface area contributed by atoms with Gasteiger partial charge in [-0.05, 0) is 19.9 Å². The number of anilines is 1. The van der Waals surface area contributed by atoms with Gasteiger partial charge in [0.15, 0.2) is 0 Å². The fraction of sp³-hybridized carbons (Fsp3) is 0.417. The zero-order chi connectivity index (χ0) is 17.0. The Morgan fingerprint density at radius 2 is 2.00 bits per heavy atom.